The highest BCUT2D eigenvalue weighted by Gasteiger charge is 2.23. The van der Waals surface area contributed by atoms with E-state index in [4.69, 9.17) is 30.9 Å². The van der Waals surface area contributed by atoms with Crippen LogP contribution in [0.3, 0.4) is 0 Å². The first-order valence-corrected chi connectivity index (χ1v) is 20.3. The number of nitrogens with one attached hydrogen (secondary N) is 1. The van der Waals surface area contributed by atoms with Crippen LogP contribution in [0.2, 0.25) is 0 Å². The van der Waals surface area contributed by atoms with E-state index >= 15 is 0 Å². The number of benzene rings is 1. The van der Waals surface area contributed by atoms with E-state index in [1.165, 1.54) is 6.20 Å². The van der Waals surface area contributed by atoms with Crippen LogP contribution in [0.4, 0.5) is 5.95 Å². The first-order valence-electron chi connectivity index (χ1n) is 20.3. The first-order chi connectivity index (χ1) is 29.5. The number of imidazole rings is 1. The van der Waals surface area contributed by atoms with Gasteiger partial charge in [-0.3, -0.25) is 38.5 Å². The molecule has 19 heteroatoms. The Morgan fingerprint density at radius 3 is 2.28 bits per heavy atom. The zero-order chi connectivity index (χ0) is 42.8. The molecule has 1 aliphatic heterocycles. The Labute approximate surface area is 350 Å². The summed E-state index contributed by atoms with van der Waals surface area (Å²) in [4.78, 5) is 59.7. The van der Waals surface area contributed by atoms with Gasteiger partial charge in [0.05, 0.1) is 42.3 Å². The molecule has 5 N–H and O–H groups in total. The number of aromatic nitrogens is 10. The van der Waals surface area contributed by atoms with Crippen LogP contribution >= 0.6 is 0 Å². The maximum atomic E-state index is 13.6. The number of allylic oxidation sites excluding steroid dienone is 2. The van der Waals surface area contributed by atoms with E-state index in [0.717, 1.165) is 48.3 Å². The van der Waals surface area contributed by atoms with Crippen LogP contribution < -0.4 is 21.5 Å². The van der Waals surface area contributed by atoms with Gasteiger partial charge in [0.1, 0.15) is 28.3 Å². The second-order valence-corrected chi connectivity index (χ2v) is 14.8. The Morgan fingerprint density at radius 2 is 1.54 bits per heavy atom. The fraction of sp³-hybridized carbons (Fsp3) is 0.357. The van der Waals surface area contributed by atoms with Crippen molar-refractivity contribution in [3.05, 3.63) is 83.1 Å². The lowest BCUT2D eigenvalue weighted by Gasteiger charge is -2.26. The minimum atomic E-state index is -0.646. The number of rotatable bonds is 16. The van der Waals surface area contributed by atoms with Crippen LogP contribution in [0.5, 0.6) is 5.75 Å². The van der Waals surface area contributed by atoms with E-state index < -0.39 is 17.7 Å². The molecule has 0 aliphatic carbocycles. The maximum absolute atomic E-state index is 13.6. The molecule has 7 aromatic rings. The molecule has 1 aliphatic rings. The van der Waals surface area contributed by atoms with Gasteiger partial charge in [-0.1, -0.05) is 12.2 Å². The van der Waals surface area contributed by atoms with Gasteiger partial charge in [0.2, 0.25) is 17.8 Å². The lowest BCUT2D eigenvalue weighted by atomic mass is 10.1. The fourth-order valence-electron chi connectivity index (χ4n) is 7.69. The molecule has 0 saturated carbocycles. The summed E-state index contributed by atoms with van der Waals surface area (Å²) >= 11 is 0. The van der Waals surface area contributed by atoms with Crippen LogP contribution in [-0.4, -0.2) is 111 Å². The molecule has 1 fully saturated rings. The number of ether oxygens (including phenoxy) is 2. The zero-order valence-corrected chi connectivity index (χ0v) is 34.6. The number of fused-ring (bicyclic) bond motifs is 4. The smallest absolute Gasteiger partial charge is 0.276 e. The van der Waals surface area contributed by atoms with E-state index in [-0.39, 0.29) is 18.1 Å². The van der Waals surface area contributed by atoms with Crippen molar-refractivity contribution in [3.8, 4) is 17.3 Å². The average Bonchev–Trinajstić information content (AvgIpc) is 4.01. The Balaban J connectivity index is 1.17. The van der Waals surface area contributed by atoms with Gasteiger partial charge in [0.25, 0.3) is 5.91 Å². The van der Waals surface area contributed by atoms with Crippen LogP contribution in [0.25, 0.3) is 44.6 Å². The van der Waals surface area contributed by atoms with Crippen molar-refractivity contribution in [1.29, 1.82) is 0 Å². The van der Waals surface area contributed by atoms with E-state index in [1.54, 1.807) is 39.7 Å². The molecular formula is C42H48N14O5. The summed E-state index contributed by atoms with van der Waals surface area (Å²) < 4.78 is 19.3. The molecule has 7 heterocycles. The molecule has 0 radical (unpaired) electrons. The van der Waals surface area contributed by atoms with Gasteiger partial charge in [-0.2, -0.15) is 10.2 Å². The molecule has 0 bridgehead atoms. The third-order valence-corrected chi connectivity index (χ3v) is 10.6. The van der Waals surface area contributed by atoms with Gasteiger partial charge in [-0.05, 0) is 64.4 Å². The van der Waals surface area contributed by atoms with Crippen molar-refractivity contribution < 1.29 is 23.9 Å². The molecule has 8 rings (SSSR count). The molecule has 61 heavy (non-hydrogen) atoms. The van der Waals surface area contributed by atoms with Crippen molar-refractivity contribution in [2.45, 2.75) is 60.3 Å². The third-order valence-electron chi connectivity index (χ3n) is 10.6. The number of primary amides is 2. The number of nitrogens with two attached hydrogens (primary N) is 2. The predicted molar refractivity (Wildman–Crippen MR) is 228 cm³/mol. The highest BCUT2D eigenvalue weighted by Crippen LogP contribution is 2.36. The number of hydrogen-bond donors (Lipinski definition) is 3. The molecule has 1 aromatic carbocycles. The average molecular weight is 829 g/mol. The quantitative estimate of drug-likeness (QED) is 0.0931. The lowest BCUT2D eigenvalue weighted by molar-refractivity contribution is 0.0358. The van der Waals surface area contributed by atoms with Gasteiger partial charge in [0.15, 0.2) is 11.5 Å². The number of amides is 3. The monoisotopic (exact) mass is 828 g/mol. The van der Waals surface area contributed by atoms with Gasteiger partial charge in [-0.25, -0.2) is 19.9 Å². The minimum absolute atomic E-state index is 0.189. The van der Waals surface area contributed by atoms with Crippen molar-refractivity contribution >= 4 is 56.8 Å². The van der Waals surface area contributed by atoms with E-state index in [9.17, 15) is 14.4 Å². The number of carbonyl (C=O) groups excluding carboxylic acids is 3. The molecule has 19 nitrogen and oxygen atoms in total. The maximum Gasteiger partial charge on any atom is 0.276 e. The van der Waals surface area contributed by atoms with Crippen molar-refractivity contribution in [2.75, 3.05) is 44.8 Å². The number of nitrogens with zero attached hydrogens (tertiary/aromatic N) is 11. The summed E-state index contributed by atoms with van der Waals surface area (Å²) in [5.74, 6) is -0.403. The third kappa shape index (κ3) is 8.29. The molecule has 0 unspecified atom stereocenters. The van der Waals surface area contributed by atoms with Crippen LogP contribution in [0.15, 0.2) is 54.9 Å². The number of pyridine rings is 1. The number of anilines is 1. The summed E-state index contributed by atoms with van der Waals surface area (Å²) in [6.07, 6.45) is 7.81. The minimum Gasteiger partial charge on any atom is -0.491 e. The summed E-state index contributed by atoms with van der Waals surface area (Å²) in [6.45, 7) is 13.8. The summed E-state index contributed by atoms with van der Waals surface area (Å²) in [5, 5.41) is 13.4. The van der Waals surface area contributed by atoms with Crippen molar-refractivity contribution in [1.82, 2.24) is 53.5 Å². The molecule has 0 atom stereocenters. The Morgan fingerprint density at radius 1 is 0.820 bits per heavy atom. The number of hydrogen-bond acceptors (Lipinski definition) is 12. The largest absolute Gasteiger partial charge is 0.491 e. The highest BCUT2D eigenvalue weighted by atomic mass is 16.5. The molecule has 1 saturated heterocycles. The molecule has 6 aromatic heterocycles. The predicted octanol–water partition coefficient (Wildman–Crippen LogP) is 3.85. The molecule has 0 spiro atoms. The van der Waals surface area contributed by atoms with Crippen molar-refractivity contribution in [2.24, 2.45) is 11.5 Å². The van der Waals surface area contributed by atoms with Crippen LogP contribution in [0, 0.1) is 13.8 Å². The van der Waals surface area contributed by atoms with E-state index in [0.29, 0.717) is 90.2 Å². The number of aryl methyl sites for hydroxylation is 4. The zero-order valence-electron chi connectivity index (χ0n) is 34.6. The first kappa shape index (κ1) is 40.8. The van der Waals surface area contributed by atoms with Gasteiger partial charge in [-0.15, -0.1) is 0 Å². The van der Waals surface area contributed by atoms with Gasteiger partial charge < -0.3 is 25.5 Å². The SMILES string of the molecule is CCn1nc(C)cc1C(=O)Nc1nc2cc(C(N)=O)cnc2n1C/C=C/Cn1c2nc(-c3cc(C)nn3CC)ncc2c2cc(C(N)=O)cc(OCCCN3CCOCC3)c21. The van der Waals surface area contributed by atoms with Crippen molar-refractivity contribution in [3.63, 3.8) is 0 Å². The second-order valence-electron chi connectivity index (χ2n) is 14.8. The highest BCUT2D eigenvalue weighted by molar-refractivity contribution is 6.12. The Bertz CT molecular complexity index is 2830. The second kappa shape index (κ2) is 17.3. The van der Waals surface area contributed by atoms with E-state index in [2.05, 4.69) is 30.4 Å². The normalized spacial score (nSPS) is 13.6. The molecular weight excluding hydrogens is 781 g/mol. The Kier molecular flexibility index (Phi) is 11.6. The summed E-state index contributed by atoms with van der Waals surface area (Å²) in [7, 11) is 0. The summed E-state index contributed by atoms with van der Waals surface area (Å²) in [5.41, 5.74) is 16.8. The fourth-order valence-corrected chi connectivity index (χ4v) is 7.69. The molecule has 3 amide bonds. The Hall–Kier alpha value is -6.99. The van der Waals surface area contributed by atoms with E-state index in [1.807, 2.05) is 55.2 Å². The topological polar surface area (TPSA) is 234 Å². The molecule has 316 valence electrons. The number of morpholine rings is 1. The summed E-state index contributed by atoms with van der Waals surface area (Å²) in [6, 6.07) is 8.66. The standard InChI is InChI=1S/C42H48N14O5/c1-5-55-32(18-25(3)50-55)38-45-24-30-29-20-27(36(43)57)22-34(61-15-9-10-52-13-16-60-17-14-52)35(29)53(39(30)48-38)11-7-8-12-54-40-31(21-28(23-46-40)37(44)58)47-42(54)49-41(59)33-19-26(4)51-56(33)6-2/h7-8,18-24H,5-6,9-17H2,1-4H3,(H2,43,57)(H2,44,58)(H,47,49,59)/b8-7+. The van der Waals surface area contributed by atoms with Crippen LogP contribution in [-0.2, 0) is 30.9 Å². The van der Waals surface area contributed by atoms with Gasteiger partial charge in [0, 0.05) is 74.5 Å². The van der Waals surface area contributed by atoms with Crippen LogP contribution in [0.1, 0.15) is 62.9 Å². The van der Waals surface area contributed by atoms with Gasteiger partial charge >= 0.3 is 0 Å². The number of carbonyl (C=O) groups is 3. The lowest BCUT2D eigenvalue weighted by Crippen LogP contribution is -2.37.